The normalized spacial score (nSPS) is 11.0. The molecule has 4 heterocycles. The number of pyridine rings is 2. The van der Waals surface area contributed by atoms with Crippen LogP contribution >= 0.6 is 0 Å². The van der Waals surface area contributed by atoms with Crippen molar-refractivity contribution in [2.24, 2.45) is 0 Å². The molecule has 8 rings (SSSR count). The topological polar surface area (TPSA) is 52.1 Å². The number of nitrogens with zero attached hydrogens (tertiary/aromatic N) is 2. The first-order chi connectivity index (χ1) is 19.7. The molecule has 0 N–H and O–H groups in total. The fraction of sp³-hybridized carbons (Fsp3) is 0.0556. The summed E-state index contributed by atoms with van der Waals surface area (Å²) in [5.41, 5.74) is 7.57. The Morgan fingerprint density at radius 3 is 1.95 bits per heavy atom. The number of aryl methyl sites for hydroxylation is 2. The zero-order valence-electron chi connectivity index (χ0n) is 22.4. The summed E-state index contributed by atoms with van der Waals surface area (Å²) in [5, 5.41) is 5.75. The van der Waals surface area contributed by atoms with Gasteiger partial charge in [0.2, 0.25) is 0 Å². The number of furan rings is 2. The molecule has 41 heavy (non-hydrogen) atoms. The summed E-state index contributed by atoms with van der Waals surface area (Å²) in [6, 6.07) is 38.4. The van der Waals surface area contributed by atoms with Crippen molar-refractivity contribution in [1.82, 2.24) is 9.97 Å². The molecule has 0 unspecified atom stereocenters. The smallest absolute Gasteiger partial charge is 0.135 e. The minimum atomic E-state index is 0. The molecule has 0 bridgehead atoms. The Hall–Kier alpha value is -4.57. The van der Waals surface area contributed by atoms with Crippen LogP contribution in [0.4, 0.5) is 0 Å². The number of benzene rings is 4. The van der Waals surface area contributed by atoms with E-state index < -0.39 is 0 Å². The quantitative estimate of drug-likeness (QED) is 0.168. The maximum Gasteiger partial charge on any atom is 0.135 e. The summed E-state index contributed by atoms with van der Waals surface area (Å²) in [6.07, 6.45) is 3.58. The van der Waals surface area contributed by atoms with E-state index >= 15 is 0 Å². The molecule has 4 aromatic heterocycles. The van der Waals surface area contributed by atoms with E-state index in [1.54, 1.807) is 12.4 Å². The van der Waals surface area contributed by atoms with Crippen LogP contribution in [0.25, 0.3) is 66.2 Å². The van der Waals surface area contributed by atoms with Crippen LogP contribution in [-0.2, 0) is 20.1 Å². The van der Waals surface area contributed by atoms with Gasteiger partial charge in [0.15, 0.2) is 0 Å². The van der Waals surface area contributed by atoms with E-state index in [2.05, 4.69) is 59.4 Å². The monoisotopic (exact) mass is 709 g/mol. The van der Waals surface area contributed by atoms with Crippen molar-refractivity contribution in [3.05, 3.63) is 133 Å². The second-order valence-corrected chi connectivity index (χ2v) is 9.66. The summed E-state index contributed by atoms with van der Waals surface area (Å²) < 4.78 is 12.2. The molecule has 0 saturated heterocycles. The van der Waals surface area contributed by atoms with Crippen LogP contribution < -0.4 is 0 Å². The van der Waals surface area contributed by atoms with E-state index in [0.717, 1.165) is 55.8 Å². The first-order valence-electron chi connectivity index (χ1n) is 13.2. The number of fused-ring (bicyclic) bond motifs is 7. The zero-order chi connectivity index (χ0) is 27.1. The van der Waals surface area contributed by atoms with Gasteiger partial charge in [-0.2, -0.15) is 0 Å². The summed E-state index contributed by atoms with van der Waals surface area (Å²) in [6.45, 7) is 4.13. The van der Waals surface area contributed by atoms with Crippen LogP contribution in [0.5, 0.6) is 0 Å². The number of hydrogen-bond donors (Lipinski definition) is 0. The molecule has 0 amide bonds. The molecule has 0 atom stereocenters. The van der Waals surface area contributed by atoms with Crippen LogP contribution in [0.1, 0.15) is 11.3 Å². The van der Waals surface area contributed by atoms with Gasteiger partial charge < -0.3 is 18.8 Å². The van der Waals surface area contributed by atoms with Crippen LogP contribution in [0, 0.1) is 26.0 Å². The molecule has 0 fully saturated rings. The van der Waals surface area contributed by atoms with E-state index in [9.17, 15) is 0 Å². The first-order valence-corrected chi connectivity index (χ1v) is 13.2. The SMILES string of the molecule is Cc1oc2ccc3c(ccc4oc5c(-c6ccccn6)[c-]ccc5c43)c2c1C.[Ir].[c-]1ccccc1-c1ccccn1. The van der Waals surface area contributed by atoms with E-state index in [1.807, 2.05) is 73.7 Å². The number of hydrogen-bond acceptors (Lipinski definition) is 4. The van der Waals surface area contributed by atoms with Crippen molar-refractivity contribution in [2.75, 3.05) is 0 Å². The largest absolute Gasteiger partial charge is 0.501 e. The molecule has 0 aliphatic rings. The molecule has 8 aromatic rings. The molecule has 5 heteroatoms. The van der Waals surface area contributed by atoms with Gasteiger partial charge in [-0.3, -0.25) is 0 Å². The van der Waals surface area contributed by atoms with E-state index in [0.29, 0.717) is 0 Å². The van der Waals surface area contributed by atoms with Crippen molar-refractivity contribution in [3.8, 4) is 22.5 Å². The van der Waals surface area contributed by atoms with Gasteiger partial charge in [-0.15, -0.1) is 54.1 Å². The Bertz CT molecular complexity index is 2080. The average Bonchev–Trinajstić information content (AvgIpc) is 3.55. The summed E-state index contributed by atoms with van der Waals surface area (Å²) >= 11 is 0. The van der Waals surface area contributed by atoms with Crippen LogP contribution in [0.2, 0.25) is 0 Å². The summed E-state index contributed by atoms with van der Waals surface area (Å²) in [4.78, 5) is 8.70. The fourth-order valence-corrected chi connectivity index (χ4v) is 5.29. The molecule has 0 aliphatic carbocycles. The van der Waals surface area contributed by atoms with Gasteiger partial charge >= 0.3 is 0 Å². The minimum absolute atomic E-state index is 0. The van der Waals surface area contributed by atoms with Crippen LogP contribution in [-0.4, -0.2) is 9.97 Å². The predicted molar refractivity (Wildman–Crippen MR) is 161 cm³/mol. The van der Waals surface area contributed by atoms with Gasteiger partial charge in [0.1, 0.15) is 16.9 Å². The Morgan fingerprint density at radius 1 is 0.585 bits per heavy atom. The molecule has 0 saturated carbocycles. The van der Waals surface area contributed by atoms with Gasteiger partial charge in [0.25, 0.3) is 0 Å². The summed E-state index contributed by atoms with van der Waals surface area (Å²) in [5.74, 6) is 0.965. The Morgan fingerprint density at radius 2 is 1.27 bits per heavy atom. The van der Waals surface area contributed by atoms with E-state index in [4.69, 9.17) is 8.83 Å². The van der Waals surface area contributed by atoms with Crippen molar-refractivity contribution in [3.63, 3.8) is 0 Å². The third kappa shape index (κ3) is 4.74. The van der Waals surface area contributed by atoms with Gasteiger partial charge in [0.05, 0.1) is 5.58 Å². The zero-order valence-corrected chi connectivity index (χ0v) is 24.8. The fourth-order valence-electron chi connectivity index (χ4n) is 5.29. The van der Waals surface area contributed by atoms with Crippen LogP contribution in [0.15, 0.2) is 118 Å². The average molecular weight is 709 g/mol. The van der Waals surface area contributed by atoms with Crippen molar-refractivity contribution >= 4 is 43.7 Å². The van der Waals surface area contributed by atoms with Crippen molar-refractivity contribution < 1.29 is 28.9 Å². The third-order valence-corrected chi connectivity index (χ3v) is 7.29. The Labute approximate surface area is 251 Å². The molecule has 0 spiro atoms. The van der Waals surface area contributed by atoms with Crippen LogP contribution in [0.3, 0.4) is 0 Å². The second kappa shape index (κ2) is 11.1. The standard InChI is InChI=1S/C25H16NO2.C11H8N.Ir/c1-14-15(2)27-21-11-10-17-16(23(14)21)9-12-22-24(17)19-7-5-6-18(25(19)28-22)20-8-3-4-13-26-20;1-2-6-10(7-3-1)11-8-4-5-9-12-11;/h3-5,7-13H,1-2H3;1-6,8-9H;/q2*-1;. The number of rotatable bonds is 2. The molecule has 1 radical (unpaired) electrons. The molecular formula is C36H24IrN2O2-2. The molecular weight excluding hydrogens is 685 g/mol. The van der Waals surface area contributed by atoms with E-state index in [1.165, 1.54) is 21.7 Å². The third-order valence-electron chi connectivity index (χ3n) is 7.29. The predicted octanol–water partition coefficient (Wildman–Crippen LogP) is 9.51. The summed E-state index contributed by atoms with van der Waals surface area (Å²) in [7, 11) is 0. The molecule has 4 aromatic carbocycles. The second-order valence-electron chi connectivity index (χ2n) is 9.66. The molecule has 4 nitrogen and oxygen atoms in total. The Kier molecular flexibility index (Phi) is 7.23. The number of aromatic nitrogens is 2. The van der Waals surface area contributed by atoms with Gasteiger partial charge in [-0.25, -0.2) is 0 Å². The van der Waals surface area contributed by atoms with Crippen molar-refractivity contribution in [2.45, 2.75) is 13.8 Å². The Balaban J connectivity index is 0.000000196. The molecule has 201 valence electrons. The van der Waals surface area contributed by atoms with E-state index in [-0.39, 0.29) is 20.1 Å². The minimum Gasteiger partial charge on any atom is -0.501 e. The van der Waals surface area contributed by atoms with Gasteiger partial charge in [-0.1, -0.05) is 35.2 Å². The van der Waals surface area contributed by atoms with Gasteiger partial charge in [-0.05, 0) is 78.0 Å². The van der Waals surface area contributed by atoms with Gasteiger partial charge in [0, 0.05) is 43.3 Å². The maximum absolute atomic E-state index is 6.30. The first kappa shape index (κ1) is 26.6. The molecule has 0 aliphatic heterocycles. The van der Waals surface area contributed by atoms with Crippen molar-refractivity contribution in [1.29, 1.82) is 0 Å². The maximum atomic E-state index is 6.30.